The molecule has 1 aromatic carbocycles. The van der Waals surface area contributed by atoms with Crippen LogP contribution in [-0.2, 0) is 6.54 Å². The lowest BCUT2D eigenvalue weighted by Gasteiger charge is -2.10. The average Bonchev–Trinajstić information content (AvgIpc) is 3.09. The molecule has 0 bridgehead atoms. The molecule has 0 unspecified atom stereocenters. The Labute approximate surface area is 143 Å². The van der Waals surface area contributed by atoms with Crippen LogP contribution in [-0.4, -0.2) is 35.5 Å². The van der Waals surface area contributed by atoms with E-state index in [-0.39, 0.29) is 6.03 Å². The van der Waals surface area contributed by atoms with Gasteiger partial charge in [0.15, 0.2) is 0 Å². The van der Waals surface area contributed by atoms with Crippen molar-refractivity contribution in [3.05, 3.63) is 48.3 Å². The largest absolute Gasteiger partial charge is 0.492 e. The first-order chi connectivity index (χ1) is 11.6. The Balaban J connectivity index is 1.52. The number of aromatic nitrogens is 2. The van der Waals surface area contributed by atoms with Gasteiger partial charge in [-0.15, -0.1) is 0 Å². The molecule has 2 aromatic rings. The van der Waals surface area contributed by atoms with E-state index in [2.05, 4.69) is 41.7 Å². The van der Waals surface area contributed by atoms with Gasteiger partial charge in [-0.05, 0) is 36.1 Å². The maximum absolute atomic E-state index is 11.6. The molecule has 2 N–H and O–H groups in total. The third-order valence-corrected chi connectivity index (χ3v) is 3.61. The van der Waals surface area contributed by atoms with Crippen molar-refractivity contribution in [1.29, 1.82) is 0 Å². The van der Waals surface area contributed by atoms with Crippen LogP contribution in [0.25, 0.3) is 0 Å². The second-order valence-electron chi connectivity index (χ2n) is 5.88. The summed E-state index contributed by atoms with van der Waals surface area (Å²) in [5.74, 6) is 1.33. The average molecular weight is 330 g/mol. The molecule has 2 amide bonds. The Kier molecular flexibility index (Phi) is 7.14. The highest BCUT2D eigenvalue weighted by Crippen LogP contribution is 2.18. The molecule has 130 valence electrons. The molecule has 6 nitrogen and oxygen atoms in total. The summed E-state index contributed by atoms with van der Waals surface area (Å²) in [6.45, 7) is 6.64. The number of urea groups is 1. The molecule has 0 saturated carbocycles. The fourth-order valence-corrected chi connectivity index (χ4v) is 2.22. The van der Waals surface area contributed by atoms with Crippen molar-refractivity contribution in [3.8, 4) is 5.75 Å². The summed E-state index contributed by atoms with van der Waals surface area (Å²) >= 11 is 0. The van der Waals surface area contributed by atoms with Gasteiger partial charge in [-0.1, -0.05) is 26.0 Å². The molecule has 0 aliphatic heterocycles. The van der Waals surface area contributed by atoms with Crippen LogP contribution in [0.3, 0.4) is 0 Å². The molecular formula is C18H26N4O2. The summed E-state index contributed by atoms with van der Waals surface area (Å²) in [5, 5.41) is 9.70. The molecule has 1 aromatic heterocycles. The predicted molar refractivity (Wildman–Crippen MR) is 94.3 cm³/mol. The number of rotatable bonds is 9. The van der Waals surface area contributed by atoms with Crippen LogP contribution in [0.5, 0.6) is 5.75 Å². The molecule has 0 fully saturated rings. The van der Waals surface area contributed by atoms with Gasteiger partial charge < -0.3 is 15.4 Å². The van der Waals surface area contributed by atoms with Gasteiger partial charge in [0.25, 0.3) is 0 Å². The number of hydrogen-bond donors (Lipinski definition) is 2. The summed E-state index contributed by atoms with van der Waals surface area (Å²) in [7, 11) is 0. The van der Waals surface area contributed by atoms with E-state index in [1.54, 1.807) is 6.20 Å². The van der Waals surface area contributed by atoms with E-state index in [1.165, 1.54) is 5.56 Å². The van der Waals surface area contributed by atoms with Crippen LogP contribution >= 0.6 is 0 Å². The number of ether oxygens (including phenoxy) is 1. The lowest BCUT2D eigenvalue weighted by atomic mass is 10.0. The summed E-state index contributed by atoms with van der Waals surface area (Å²) in [5.41, 5.74) is 1.29. The molecule has 0 atom stereocenters. The number of benzene rings is 1. The number of nitrogens with zero attached hydrogens (tertiary/aromatic N) is 2. The quantitative estimate of drug-likeness (QED) is 0.695. The van der Waals surface area contributed by atoms with E-state index in [4.69, 9.17) is 4.74 Å². The summed E-state index contributed by atoms with van der Waals surface area (Å²) in [6.07, 6.45) is 4.50. The van der Waals surface area contributed by atoms with Gasteiger partial charge in [0.2, 0.25) is 0 Å². The highest BCUT2D eigenvalue weighted by atomic mass is 16.5. The highest BCUT2D eigenvalue weighted by molar-refractivity contribution is 5.73. The Morgan fingerprint density at radius 1 is 1.21 bits per heavy atom. The van der Waals surface area contributed by atoms with E-state index < -0.39 is 0 Å². The SMILES string of the molecule is CC(C)c1ccc(OCCNC(=O)NCCCn2cccn2)cc1. The van der Waals surface area contributed by atoms with Crippen LogP contribution in [0.2, 0.25) is 0 Å². The number of carbonyl (C=O) groups excluding carboxylic acids is 1. The van der Waals surface area contributed by atoms with Gasteiger partial charge in [-0.3, -0.25) is 4.68 Å². The second-order valence-corrected chi connectivity index (χ2v) is 5.88. The lowest BCUT2D eigenvalue weighted by molar-refractivity contribution is 0.236. The summed E-state index contributed by atoms with van der Waals surface area (Å²) < 4.78 is 7.46. The molecule has 0 saturated heterocycles. The Morgan fingerprint density at radius 2 is 1.96 bits per heavy atom. The first kappa shape index (κ1) is 17.8. The number of amides is 2. The van der Waals surface area contributed by atoms with Crippen LogP contribution in [0.15, 0.2) is 42.7 Å². The maximum Gasteiger partial charge on any atom is 0.314 e. The van der Waals surface area contributed by atoms with Crippen molar-refractivity contribution in [2.24, 2.45) is 0 Å². The van der Waals surface area contributed by atoms with Gasteiger partial charge in [0.05, 0.1) is 6.54 Å². The van der Waals surface area contributed by atoms with Crippen molar-refractivity contribution >= 4 is 6.03 Å². The highest BCUT2D eigenvalue weighted by Gasteiger charge is 2.01. The monoisotopic (exact) mass is 330 g/mol. The van der Waals surface area contributed by atoms with E-state index in [9.17, 15) is 4.79 Å². The van der Waals surface area contributed by atoms with E-state index in [0.29, 0.717) is 25.6 Å². The fraction of sp³-hybridized carbons (Fsp3) is 0.444. The third kappa shape index (κ3) is 6.32. The minimum absolute atomic E-state index is 0.172. The number of hydrogen-bond acceptors (Lipinski definition) is 3. The van der Waals surface area contributed by atoms with Crippen LogP contribution in [0.4, 0.5) is 4.79 Å². The van der Waals surface area contributed by atoms with Gasteiger partial charge in [-0.2, -0.15) is 5.10 Å². The van der Waals surface area contributed by atoms with E-state index in [0.717, 1.165) is 18.7 Å². The standard InChI is InChI=1S/C18H26N4O2/c1-15(2)16-5-7-17(8-6-16)24-14-11-20-18(23)19-9-3-12-22-13-4-10-21-22/h4-8,10,13,15H,3,9,11-12,14H2,1-2H3,(H2,19,20,23). The number of aryl methyl sites for hydroxylation is 1. The first-order valence-electron chi connectivity index (χ1n) is 8.37. The fourth-order valence-electron chi connectivity index (χ4n) is 2.22. The second kappa shape index (κ2) is 9.60. The van der Waals surface area contributed by atoms with Gasteiger partial charge >= 0.3 is 6.03 Å². The normalized spacial score (nSPS) is 10.6. The molecule has 6 heteroatoms. The van der Waals surface area contributed by atoms with Gasteiger partial charge in [0.1, 0.15) is 12.4 Å². The maximum atomic E-state index is 11.6. The molecular weight excluding hydrogens is 304 g/mol. The van der Waals surface area contributed by atoms with Crippen molar-refractivity contribution in [1.82, 2.24) is 20.4 Å². The Morgan fingerprint density at radius 3 is 2.62 bits per heavy atom. The molecule has 0 aliphatic carbocycles. The molecule has 0 aliphatic rings. The number of carbonyl (C=O) groups is 1. The first-order valence-corrected chi connectivity index (χ1v) is 8.37. The minimum Gasteiger partial charge on any atom is -0.492 e. The zero-order chi connectivity index (χ0) is 17.2. The van der Waals surface area contributed by atoms with Gasteiger partial charge in [-0.25, -0.2) is 4.79 Å². The predicted octanol–water partition coefficient (Wildman–Crippen LogP) is 2.77. The summed E-state index contributed by atoms with van der Waals surface area (Å²) in [6, 6.07) is 9.78. The molecule has 0 radical (unpaired) electrons. The number of nitrogens with one attached hydrogen (secondary N) is 2. The molecule has 0 spiro atoms. The minimum atomic E-state index is -0.172. The van der Waals surface area contributed by atoms with E-state index in [1.807, 2.05) is 29.1 Å². The van der Waals surface area contributed by atoms with Crippen molar-refractivity contribution in [2.75, 3.05) is 19.7 Å². The van der Waals surface area contributed by atoms with E-state index >= 15 is 0 Å². The molecule has 24 heavy (non-hydrogen) atoms. The smallest absolute Gasteiger partial charge is 0.314 e. The Bertz CT molecular complexity index is 594. The molecule has 2 rings (SSSR count). The zero-order valence-electron chi connectivity index (χ0n) is 14.4. The third-order valence-electron chi connectivity index (χ3n) is 3.61. The van der Waals surface area contributed by atoms with Crippen LogP contribution < -0.4 is 15.4 Å². The molecule has 1 heterocycles. The summed E-state index contributed by atoms with van der Waals surface area (Å²) in [4.78, 5) is 11.6. The van der Waals surface area contributed by atoms with Crippen molar-refractivity contribution < 1.29 is 9.53 Å². The van der Waals surface area contributed by atoms with Crippen molar-refractivity contribution in [2.45, 2.75) is 32.7 Å². The van der Waals surface area contributed by atoms with Crippen LogP contribution in [0, 0.1) is 0 Å². The lowest BCUT2D eigenvalue weighted by Crippen LogP contribution is -2.38. The van der Waals surface area contributed by atoms with Crippen molar-refractivity contribution in [3.63, 3.8) is 0 Å². The zero-order valence-corrected chi connectivity index (χ0v) is 14.4. The Hall–Kier alpha value is -2.50. The topological polar surface area (TPSA) is 68.2 Å². The van der Waals surface area contributed by atoms with Crippen LogP contribution in [0.1, 0.15) is 31.7 Å². The van der Waals surface area contributed by atoms with Gasteiger partial charge in [0, 0.05) is 25.5 Å².